The minimum absolute atomic E-state index is 0.128. The number of aromatic nitrogens is 6. The molecule has 0 amide bonds. The van der Waals surface area contributed by atoms with Gasteiger partial charge in [-0.2, -0.15) is 0 Å². The first kappa shape index (κ1) is 71.6. The van der Waals surface area contributed by atoms with Crippen molar-refractivity contribution in [3.05, 3.63) is 374 Å². The van der Waals surface area contributed by atoms with Gasteiger partial charge in [-0.15, -0.1) is 0 Å². The molecule has 588 valence electrons. The van der Waals surface area contributed by atoms with E-state index in [1.165, 1.54) is 142 Å². The van der Waals surface area contributed by atoms with Crippen LogP contribution in [0.4, 0.5) is 0 Å². The number of hydrogen-bond acceptors (Lipinski definition) is 10. The van der Waals surface area contributed by atoms with Crippen molar-refractivity contribution in [3.63, 3.8) is 0 Å². The predicted octanol–water partition coefficient (Wildman–Crippen LogP) is 30.5. The van der Waals surface area contributed by atoms with Crippen LogP contribution in [0.5, 0.6) is 0 Å². The van der Waals surface area contributed by atoms with E-state index in [0.29, 0.717) is 34.9 Å². The minimum Gasteiger partial charge on any atom is -0.456 e. The number of rotatable bonds is 10. The standard InChI is InChI=1S/2C57H39N3O2/c1-8-30-57(31-9-1)47-18-5-2-16-46(47)53-41(17-11-19-48(53)57)38-13-10-12-37(32-38)35-22-24-36(25-23-35)54-58-55(39-26-28-44-42-14-3-6-20-49(42)61-51(44)33-39)60-56(59-54)40-27-29-45-43-15-4-7-21-50(43)62-52(45)34-40;1-8-30-57(31-9-1)47-18-5-2-16-44(47)53-41(17-11-19-48(53)57)38-13-10-12-37(32-38)35-22-24-36(25-23-35)54-58-55(39-26-28-51-45(33-39)42-14-3-6-20-49(42)61-51)60-56(59-54)40-27-29-52-46(34-40)43-15-4-7-21-50(43)62-52/h2*2-7,10-29,32-34H,1,8-9,30-31H2. The molecule has 4 aliphatic rings. The fourth-order valence-electron chi connectivity index (χ4n) is 21.2. The van der Waals surface area contributed by atoms with Gasteiger partial charge in [0.25, 0.3) is 0 Å². The second-order valence-electron chi connectivity index (χ2n) is 34.0. The van der Waals surface area contributed by atoms with Gasteiger partial charge in [0.05, 0.1) is 0 Å². The van der Waals surface area contributed by atoms with Crippen molar-refractivity contribution in [3.8, 4) is 135 Å². The number of furan rings is 4. The van der Waals surface area contributed by atoms with Crippen molar-refractivity contribution in [2.45, 2.75) is 75.0 Å². The molecule has 2 saturated carbocycles. The van der Waals surface area contributed by atoms with Gasteiger partial charge in [0.15, 0.2) is 34.9 Å². The summed E-state index contributed by atoms with van der Waals surface area (Å²) < 4.78 is 24.9. The van der Waals surface area contributed by atoms with Gasteiger partial charge in [0.1, 0.15) is 44.7 Å². The highest BCUT2D eigenvalue weighted by molar-refractivity contribution is 6.10. The Bertz CT molecular complexity index is 7830. The van der Waals surface area contributed by atoms with E-state index in [1.807, 2.05) is 109 Å². The average Bonchev–Trinajstić information content (AvgIpc) is 1.56. The van der Waals surface area contributed by atoms with Crippen LogP contribution in [-0.4, -0.2) is 29.9 Å². The highest BCUT2D eigenvalue weighted by Gasteiger charge is 2.46. The highest BCUT2D eigenvalue weighted by Crippen LogP contribution is 2.60. The van der Waals surface area contributed by atoms with Gasteiger partial charge < -0.3 is 17.7 Å². The summed E-state index contributed by atoms with van der Waals surface area (Å²) in [6, 6.07) is 125. The van der Waals surface area contributed by atoms with Crippen LogP contribution in [0.3, 0.4) is 0 Å². The summed E-state index contributed by atoms with van der Waals surface area (Å²) >= 11 is 0. The van der Waals surface area contributed by atoms with Gasteiger partial charge in [-0.25, -0.2) is 29.9 Å². The molecule has 0 unspecified atom stereocenters. The lowest BCUT2D eigenvalue weighted by Crippen LogP contribution is -2.27. The van der Waals surface area contributed by atoms with E-state index in [0.717, 1.165) is 132 Å². The first-order chi connectivity index (χ1) is 61.3. The number of benzene rings is 16. The molecule has 16 aromatic carbocycles. The molecule has 10 heteroatoms. The van der Waals surface area contributed by atoms with Crippen molar-refractivity contribution < 1.29 is 17.7 Å². The molecule has 0 aliphatic heterocycles. The number of para-hydroxylation sites is 4. The molecule has 6 aromatic heterocycles. The zero-order valence-electron chi connectivity index (χ0n) is 67.9. The lowest BCUT2D eigenvalue weighted by atomic mass is 9.68. The van der Waals surface area contributed by atoms with Crippen LogP contribution in [0.2, 0.25) is 0 Å². The third-order valence-electron chi connectivity index (χ3n) is 27.1. The van der Waals surface area contributed by atoms with Crippen LogP contribution in [-0.2, 0) is 10.8 Å². The molecule has 0 radical (unpaired) electrons. The van der Waals surface area contributed by atoms with Crippen molar-refractivity contribution >= 4 is 87.8 Å². The van der Waals surface area contributed by atoms with E-state index >= 15 is 0 Å². The molecule has 2 fully saturated rings. The van der Waals surface area contributed by atoms with Crippen LogP contribution < -0.4 is 0 Å². The van der Waals surface area contributed by atoms with Gasteiger partial charge in [0.2, 0.25) is 0 Å². The Morgan fingerprint density at radius 1 is 0.169 bits per heavy atom. The monoisotopic (exact) mass is 1590 g/mol. The fourth-order valence-corrected chi connectivity index (χ4v) is 21.2. The summed E-state index contributed by atoms with van der Waals surface area (Å²) in [5.41, 5.74) is 33.6. The Hall–Kier alpha value is -15.3. The second-order valence-corrected chi connectivity index (χ2v) is 34.0. The van der Waals surface area contributed by atoms with Gasteiger partial charge >= 0.3 is 0 Å². The molecule has 0 bridgehead atoms. The summed E-state index contributed by atoms with van der Waals surface area (Å²) in [5, 5.41) is 8.46. The van der Waals surface area contributed by atoms with E-state index in [1.54, 1.807) is 0 Å². The third-order valence-corrected chi connectivity index (χ3v) is 27.1. The Balaban J connectivity index is 0.000000136. The minimum atomic E-state index is 0.128. The molecule has 0 atom stereocenters. The summed E-state index contributed by atoms with van der Waals surface area (Å²) in [4.78, 5) is 30.7. The first-order valence-corrected chi connectivity index (χ1v) is 43.4. The van der Waals surface area contributed by atoms with Crippen molar-refractivity contribution in [2.24, 2.45) is 0 Å². The summed E-state index contributed by atoms with van der Waals surface area (Å²) in [6.45, 7) is 0. The van der Waals surface area contributed by atoms with Crippen LogP contribution >= 0.6 is 0 Å². The van der Waals surface area contributed by atoms with E-state index in [4.69, 9.17) is 47.6 Å². The Morgan fingerprint density at radius 2 is 0.444 bits per heavy atom. The third kappa shape index (κ3) is 11.7. The highest BCUT2D eigenvalue weighted by atomic mass is 16.3. The molecule has 4 aliphatic carbocycles. The largest absolute Gasteiger partial charge is 0.456 e. The molecule has 0 N–H and O–H groups in total. The molecular formula is C114H78N6O4. The number of nitrogens with zero attached hydrogens (tertiary/aromatic N) is 6. The van der Waals surface area contributed by atoms with Crippen molar-refractivity contribution in [2.75, 3.05) is 0 Å². The second kappa shape index (κ2) is 28.7. The van der Waals surface area contributed by atoms with Gasteiger partial charge in [0, 0.05) is 87.3 Å². The van der Waals surface area contributed by atoms with Gasteiger partial charge in [-0.1, -0.05) is 293 Å². The van der Waals surface area contributed by atoms with E-state index in [2.05, 4.69) is 243 Å². The molecule has 2 spiro atoms. The van der Waals surface area contributed by atoms with E-state index in [-0.39, 0.29) is 10.8 Å². The normalized spacial score (nSPS) is 14.3. The summed E-state index contributed by atoms with van der Waals surface area (Å²) in [5.74, 6) is 3.53. The van der Waals surface area contributed by atoms with Gasteiger partial charge in [-0.3, -0.25) is 0 Å². The van der Waals surface area contributed by atoms with Crippen LogP contribution in [0.1, 0.15) is 86.5 Å². The quantitative estimate of drug-likeness (QED) is 0.130. The molecular weight excluding hydrogens is 1520 g/mol. The molecule has 10 nitrogen and oxygen atoms in total. The molecule has 0 saturated heterocycles. The maximum atomic E-state index is 6.29. The van der Waals surface area contributed by atoms with Crippen LogP contribution in [0.15, 0.2) is 370 Å². The van der Waals surface area contributed by atoms with Crippen molar-refractivity contribution in [1.82, 2.24) is 29.9 Å². The smallest absolute Gasteiger partial charge is 0.164 e. The maximum absolute atomic E-state index is 6.29. The SMILES string of the molecule is c1cc(-c2ccc(-c3nc(-c4ccc5c(c4)oc4ccccc45)nc(-c4ccc5c(c4)oc4ccccc45)n3)cc2)cc(-c2cccc3c2-c2ccccc2C32CCCCC2)c1.c1cc(-c2ccc(-c3nc(-c4ccc5oc6ccccc6c5c4)nc(-c4ccc5oc6ccccc6c5c4)n3)cc2)cc(-c2cccc3c2-c2ccccc2C32CCCCC2)c1. The van der Waals surface area contributed by atoms with E-state index < -0.39 is 0 Å². The van der Waals surface area contributed by atoms with Crippen LogP contribution in [0.25, 0.3) is 223 Å². The summed E-state index contributed by atoms with van der Waals surface area (Å²) in [6.07, 6.45) is 12.7. The number of fused-ring (bicyclic) bond motifs is 22. The maximum Gasteiger partial charge on any atom is 0.164 e. The molecule has 6 heterocycles. The zero-order chi connectivity index (χ0) is 81.6. The molecule has 22 aromatic rings. The summed E-state index contributed by atoms with van der Waals surface area (Å²) in [7, 11) is 0. The van der Waals surface area contributed by atoms with E-state index in [9.17, 15) is 0 Å². The Kier molecular flexibility index (Phi) is 16.6. The number of hydrogen-bond donors (Lipinski definition) is 0. The fraction of sp³-hybridized carbons (Fsp3) is 0.105. The Labute approximate surface area is 714 Å². The first-order valence-electron chi connectivity index (χ1n) is 43.4. The predicted molar refractivity (Wildman–Crippen MR) is 502 cm³/mol. The molecule has 124 heavy (non-hydrogen) atoms. The van der Waals surface area contributed by atoms with Crippen molar-refractivity contribution in [1.29, 1.82) is 0 Å². The molecule has 26 rings (SSSR count). The van der Waals surface area contributed by atoms with Crippen LogP contribution in [0, 0.1) is 0 Å². The lowest BCUT2D eigenvalue weighted by Gasteiger charge is -2.36. The lowest BCUT2D eigenvalue weighted by molar-refractivity contribution is 0.353. The topological polar surface area (TPSA) is 130 Å². The Morgan fingerprint density at radius 3 is 0.847 bits per heavy atom. The van der Waals surface area contributed by atoms with Gasteiger partial charge in [-0.05, 0) is 212 Å². The average molecular weight is 1600 g/mol. The zero-order valence-corrected chi connectivity index (χ0v) is 67.9.